The molecule has 3 aromatic carbocycles. The van der Waals surface area contributed by atoms with E-state index in [1.54, 1.807) is 36.4 Å². The third kappa shape index (κ3) is 6.69. The minimum Gasteiger partial charge on any atom is -0.505 e. The van der Waals surface area contributed by atoms with Gasteiger partial charge in [0.15, 0.2) is 17.2 Å². The number of phenolic OH excluding ortho intramolecular Hbond substituents is 3. The van der Waals surface area contributed by atoms with Crippen LogP contribution in [0.15, 0.2) is 36.4 Å². The second kappa shape index (κ2) is 11.5. The fourth-order valence-electron chi connectivity index (χ4n) is 3.07. The van der Waals surface area contributed by atoms with E-state index in [9.17, 15) is 15.3 Å². The second-order valence-corrected chi connectivity index (χ2v) is 10.3. The number of halogens is 6. The topological polar surface area (TPSA) is 60.7 Å². The van der Waals surface area contributed by atoms with E-state index in [-0.39, 0.29) is 37.3 Å². The van der Waals surface area contributed by atoms with E-state index in [4.69, 9.17) is 69.6 Å². The molecule has 0 radical (unpaired) electrons. The highest BCUT2D eigenvalue weighted by atomic mass is 35.5. The fraction of sp³-hybridized carbons (Fsp3) is 0.250. The standard InChI is InChI=1S/C15H12Cl4O2.C9H10Cl2O/c1-15(2,7-3-9(16)13(20)10(17)4-7)8-5-11(18)14(21)12(19)6-8;1-2-3-6-4-7(10)9(12)8(11)5-6/h3-6,20-21H,1-2H3;4-5,12H,2-3H2,1H3. The van der Waals surface area contributed by atoms with E-state index in [1.807, 2.05) is 13.8 Å². The Morgan fingerprint density at radius 1 is 0.576 bits per heavy atom. The summed E-state index contributed by atoms with van der Waals surface area (Å²) >= 11 is 35.3. The summed E-state index contributed by atoms with van der Waals surface area (Å²) in [7, 11) is 0. The van der Waals surface area contributed by atoms with Gasteiger partial charge < -0.3 is 15.3 Å². The van der Waals surface area contributed by atoms with Crippen LogP contribution in [0.2, 0.25) is 30.1 Å². The monoisotopic (exact) mass is 568 g/mol. The van der Waals surface area contributed by atoms with Crippen LogP contribution >= 0.6 is 69.6 Å². The Balaban J connectivity index is 0.000000273. The van der Waals surface area contributed by atoms with Crippen molar-refractivity contribution >= 4 is 69.6 Å². The van der Waals surface area contributed by atoms with Crippen molar-refractivity contribution in [2.24, 2.45) is 0 Å². The van der Waals surface area contributed by atoms with Crippen LogP contribution < -0.4 is 0 Å². The van der Waals surface area contributed by atoms with E-state index < -0.39 is 5.41 Å². The van der Waals surface area contributed by atoms with Gasteiger partial charge in [-0.3, -0.25) is 0 Å². The van der Waals surface area contributed by atoms with Crippen molar-refractivity contribution in [3.8, 4) is 17.2 Å². The third-order valence-electron chi connectivity index (χ3n) is 5.09. The number of hydrogen-bond acceptors (Lipinski definition) is 3. The molecule has 0 aliphatic rings. The first-order chi connectivity index (χ1) is 15.3. The average molecular weight is 571 g/mol. The van der Waals surface area contributed by atoms with Crippen LogP contribution in [0.25, 0.3) is 0 Å². The van der Waals surface area contributed by atoms with Crippen molar-refractivity contribution in [2.75, 3.05) is 0 Å². The van der Waals surface area contributed by atoms with Crippen molar-refractivity contribution in [1.82, 2.24) is 0 Å². The van der Waals surface area contributed by atoms with Gasteiger partial charge in [0, 0.05) is 5.41 Å². The van der Waals surface area contributed by atoms with Gasteiger partial charge in [0.2, 0.25) is 0 Å². The summed E-state index contributed by atoms with van der Waals surface area (Å²) in [6.07, 6.45) is 1.97. The molecule has 0 spiro atoms. The molecule has 3 aromatic rings. The molecule has 0 saturated carbocycles. The first-order valence-electron chi connectivity index (χ1n) is 9.83. The largest absolute Gasteiger partial charge is 0.505 e. The van der Waals surface area contributed by atoms with Gasteiger partial charge in [-0.25, -0.2) is 0 Å². The minimum absolute atomic E-state index is 0.0295. The van der Waals surface area contributed by atoms with Crippen molar-refractivity contribution < 1.29 is 15.3 Å². The number of aryl methyl sites for hydroxylation is 1. The molecule has 0 atom stereocenters. The highest BCUT2D eigenvalue weighted by Crippen LogP contribution is 2.43. The summed E-state index contributed by atoms with van der Waals surface area (Å²) in [6.45, 7) is 5.95. The van der Waals surface area contributed by atoms with Crippen LogP contribution in [0, 0.1) is 0 Å². The van der Waals surface area contributed by atoms with Crippen LogP contribution in [0.4, 0.5) is 0 Å². The number of rotatable bonds is 4. The lowest BCUT2D eigenvalue weighted by atomic mass is 9.78. The Morgan fingerprint density at radius 3 is 1.12 bits per heavy atom. The Labute approximate surface area is 223 Å². The van der Waals surface area contributed by atoms with E-state index in [2.05, 4.69) is 6.92 Å². The summed E-state index contributed by atoms with van der Waals surface area (Å²) in [6, 6.07) is 10.0. The van der Waals surface area contributed by atoms with Crippen molar-refractivity contribution in [1.29, 1.82) is 0 Å². The lowest BCUT2D eigenvalue weighted by molar-refractivity contribution is 0.474. The van der Waals surface area contributed by atoms with Gasteiger partial charge in [-0.05, 0) is 59.5 Å². The summed E-state index contributed by atoms with van der Waals surface area (Å²) in [4.78, 5) is 0. The predicted octanol–water partition coefficient (Wildman–Crippen LogP) is 9.69. The maximum absolute atomic E-state index is 9.65. The van der Waals surface area contributed by atoms with E-state index in [0.29, 0.717) is 10.0 Å². The van der Waals surface area contributed by atoms with Crippen molar-refractivity contribution in [3.63, 3.8) is 0 Å². The minimum atomic E-state index is -0.526. The van der Waals surface area contributed by atoms with Gasteiger partial charge >= 0.3 is 0 Å². The molecule has 0 bridgehead atoms. The van der Waals surface area contributed by atoms with Crippen LogP contribution in [-0.4, -0.2) is 15.3 Å². The molecule has 3 N–H and O–H groups in total. The number of phenols is 3. The lowest BCUT2D eigenvalue weighted by Crippen LogP contribution is -2.19. The second-order valence-electron chi connectivity index (χ2n) is 7.86. The Kier molecular flexibility index (Phi) is 9.76. The van der Waals surface area contributed by atoms with Gasteiger partial charge in [0.25, 0.3) is 0 Å². The number of hydrogen-bond donors (Lipinski definition) is 3. The molecule has 0 aromatic heterocycles. The quantitative estimate of drug-likeness (QED) is 0.292. The SMILES string of the molecule is CC(C)(c1cc(Cl)c(O)c(Cl)c1)c1cc(Cl)c(O)c(Cl)c1.CCCc1cc(Cl)c(O)c(Cl)c1. The van der Waals surface area contributed by atoms with Gasteiger partial charge in [0.1, 0.15) is 0 Å². The van der Waals surface area contributed by atoms with Gasteiger partial charge in [0.05, 0.1) is 30.1 Å². The van der Waals surface area contributed by atoms with Gasteiger partial charge in [-0.1, -0.05) is 96.8 Å². The summed E-state index contributed by atoms with van der Waals surface area (Å²) in [5.41, 5.74) is 2.11. The fourth-order valence-corrected chi connectivity index (χ4v) is 4.58. The molecule has 0 fully saturated rings. The molecule has 0 saturated heterocycles. The van der Waals surface area contributed by atoms with Crippen LogP contribution in [-0.2, 0) is 11.8 Å². The third-order valence-corrected chi connectivity index (χ3v) is 6.82. The van der Waals surface area contributed by atoms with Crippen molar-refractivity contribution in [2.45, 2.75) is 39.0 Å². The summed E-state index contributed by atoms with van der Waals surface area (Å²) in [5.74, 6) is -0.336. The smallest absolute Gasteiger partial charge is 0.152 e. The molecule has 33 heavy (non-hydrogen) atoms. The summed E-state index contributed by atoms with van der Waals surface area (Å²) in [5, 5.41) is 29.9. The molecule has 3 nitrogen and oxygen atoms in total. The van der Waals surface area contributed by atoms with Crippen molar-refractivity contribution in [3.05, 3.63) is 83.2 Å². The first-order valence-corrected chi connectivity index (χ1v) is 12.1. The number of benzene rings is 3. The molecule has 0 aliphatic heterocycles. The van der Waals surface area contributed by atoms with Gasteiger partial charge in [-0.2, -0.15) is 0 Å². The summed E-state index contributed by atoms with van der Waals surface area (Å²) < 4.78 is 0. The first kappa shape index (κ1) is 28.0. The zero-order chi connectivity index (χ0) is 25.1. The van der Waals surface area contributed by atoms with Gasteiger partial charge in [-0.15, -0.1) is 0 Å². The Morgan fingerprint density at radius 2 is 0.848 bits per heavy atom. The van der Waals surface area contributed by atoms with Crippen LogP contribution in [0.5, 0.6) is 17.2 Å². The normalized spacial score (nSPS) is 11.2. The Bertz CT molecular complexity index is 1030. The average Bonchev–Trinajstić information content (AvgIpc) is 2.74. The molecule has 0 amide bonds. The van der Waals surface area contributed by atoms with Crippen LogP contribution in [0.1, 0.15) is 43.9 Å². The lowest BCUT2D eigenvalue weighted by Gasteiger charge is -2.27. The number of aromatic hydroxyl groups is 3. The highest BCUT2D eigenvalue weighted by Gasteiger charge is 2.27. The molecule has 0 aliphatic carbocycles. The molecule has 0 unspecified atom stereocenters. The molecule has 9 heteroatoms. The zero-order valence-electron chi connectivity index (χ0n) is 18.0. The molecular weight excluding hydrogens is 549 g/mol. The Hall–Kier alpha value is -1.20. The predicted molar refractivity (Wildman–Crippen MR) is 141 cm³/mol. The highest BCUT2D eigenvalue weighted by molar-refractivity contribution is 6.38. The zero-order valence-corrected chi connectivity index (χ0v) is 22.5. The van der Waals surface area contributed by atoms with E-state index in [1.165, 1.54) is 0 Å². The molecular formula is C24H22Cl6O3. The maximum Gasteiger partial charge on any atom is 0.152 e. The van der Waals surface area contributed by atoms with E-state index >= 15 is 0 Å². The van der Waals surface area contributed by atoms with E-state index in [0.717, 1.165) is 29.5 Å². The molecule has 178 valence electrons. The maximum atomic E-state index is 9.65. The van der Waals surface area contributed by atoms with Crippen LogP contribution in [0.3, 0.4) is 0 Å². The molecule has 0 heterocycles. The molecule has 3 rings (SSSR count).